The molecular formula is C34H29Cl4N3O9. The van der Waals surface area contributed by atoms with Crippen LogP contribution in [0.4, 0.5) is 0 Å². The van der Waals surface area contributed by atoms with Gasteiger partial charge in [0.2, 0.25) is 0 Å². The van der Waals surface area contributed by atoms with Crippen molar-refractivity contribution in [2.24, 2.45) is 0 Å². The second kappa shape index (κ2) is 15.1. The Balaban J connectivity index is 1.29. The van der Waals surface area contributed by atoms with Crippen LogP contribution in [0.1, 0.15) is 43.6 Å². The zero-order valence-electron chi connectivity index (χ0n) is 26.3. The summed E-state index contributed by atoms with van der Waals surface area (Å²) in [5, 5.41) is 15.3. The normalized spacial score (nSPS) is 21.2. The van der Waals surface area contributed by atoms with Gasteiger partial charge >= 0.3 is 17.5 Å². The molecule has 12 nitrogen and oxygen atoms in total. The number of nitrogens with one attached hydrogen (secondary N) is 1. The van der Waals surface area contributed by atoms with Gasteiger partial charge in [0.05, 0.1) is 37.6 Å². The summed E-state index contributed by atoms with van der Waals surface area (Å²) in [6.07, 6.45) is -2.89. The van der Waals surface area contributed by atoms with Crippen LogP contribution < -0.4 is 11.2 Å². The molecule has 4 atom stereocenters. The predicted molar refractivity (Wildman–Crippen MR) is 184 cm³/mol. The number of hydrogen-bond acceptors (Lipinski definition) is 9. The fourth-order valence-electron chi connectivity index (χ4n) is 5.83. The highest BCUT2D eigenvalue weighted by molar-refractivity contribution is 6.35. The van der Waals surface area contributed by atoms with E-state index in [4.69, 9.17) is 65.4 Å². The van der Waals surface area contributed by atoms with Crippen LogP contribution in [0.5, 0.6) is 0 Å². The Hall–Kier alpha value is -3.40. The van der Waals surface area contributed by atoms with Crippen LogP contribution in [0.25, 0.3) is 0 Å². The van der Waals surface area contributed by atoms with E-state index in [1.165, 1.54) is 25.3 Å². The number of hydrogen-bond donors (Lipinski definition) is 1. The summed E-state index contributed by atoms with van der Waals surface area (Å²) in [4.78, 5) is 53.7. The molecule has 6 rings (SSSR count). The summed E-state index contributed by atoms with van der Waals surface area (Å²) >= 11 is 24.9. The first-order valence-corrected chi connectivity index (χ1v) is 16.8. The minimum absolute atomic E-state index is 0.0314. The molecule has 0 unspecified atom stereocenters. The number of amides is 2. The zero-order valence-corrected chi connectivity index (χ0v) is 29.3. The first kappa shape index (κ1) is 36.4. The van der Waals surface area contributed by atoms with E-state index in [1.54, 1.807) is 48.5 Å². The average Bonchev–Trinajstić information content (AvgIpc) is 3.51. The van der Waals surface area contributed by atoms with E-state index in [0.29, 0.717) is 31.2 Å². The number of nitrogens with zero attached hydrogens (tertiary/aromatic N) is 2. The Morgan fingerprint density at radius 1 is 0.840 bits per heavy atom. The molecular weight excluding hydrogens is 736 g/mol. The molecule has 0 aliphatic carbocycles. The molecule has 0 saturated carbocycles. The number of rotatable bonds is 12. The first-order valence-electron chi connectivity index (χ1n) is 15.3. The van der Waals surface area contributed by atoms with Crippen molar-refractivity contribution < 1.29 is 33.2 Å². The predicted octanol–water partition coefficient (Wildman–Crippen LogP) is 5.85. The second-order valence-electron chi connectivity index (χ2n) is 11.8. The van der Waals surface area contributed by atoms with Crippen molar-refractivity contribution >= 4 is 58.2 Å². The van der Waals surface area contributed by atoms with E-state index in [0.717, 1.165) is 4.57 Å². The van der Waals surface area contributed by atoms with Gasteiger partial charge in [0.15, 0.2) is 6.23 Å². The van der Waals surface area contributed by atoms with Crippen molar-refractivity contribution in [2.45, 2.75) is 44.7 Å². The molecule has 0 radical (unpaired) electrons. The third-order valence-electron chi connectivity index (χ3n) is 8.47. The highest BCUT2D eigenvalue weighted by atomic mass is 35.5. The quantitative estimate of drug-likeness (QED) is 0.107. The first-order chi connectivity index (χ1) is 23.9. The molecule has 262 valence electrons. The van der Waals surface area contributed by atoms with Crippen LogP contribution >= 0.6 is 46.4 Å². The van der Waals surface area contributed by atoms with Gasteiger partial charge < -0.3 is 24.2 Å². The molecule has 2 amide bonds. The van der Waals surface area contributed by atoms with Crippen LogP contribution in [0.2, 0.25) is 20.1 Å². The van der Waals surface area contributed by atoms with E-state index in [1.807, 2.05) is 0 Å². The highest BCUT2D eigenvalue weighted by Gasteiger charge is 2.50. The van der Waals surface area contributed by atoms with Gasteiger partial charge in [-0.2, -0.15) is 0 Å². The van der Waals surface area contributed by atoms with Crippen LogP contribution in [0, 0.1) is 12.1 Å². The Bertz CT molecular complexity index is 2040. The second-order valence-corrected chi connectivity index (χ2v) is 13.4. The monoisotopic (exact) mass is 763 g/mol. The van der Waals surface area contributed by atoms with E-state index in [-0.39, 0.29) is 36.5 Å². The third-order valence-corrected chi connectivity index (χ3v) is 9.64. The molecule has 0 bridgehead atoms. The summed E-state index contributed by atoms with van der Waals surface area (Å²) < 4.78 is 24.3. The third kappa shape index (κ3) is 7.32. The number of H-pyrrole nitrogens is 1. The van der Waals surface area contributed by atoms with Crippen LogP contribution in [0.15, 0.2) is 76.4 Å². The fourth-order valence-corrected chi connectivity index (χ4v) is 6.75. The van der Waals surface area contributed by atoms with E-state index >= 15 is 0 Å². The van der Waals surface area contributed by atoms with Crippen molar-refractivity contribution in [3.05, 3.63) is 141 Å². The summed E-state index contributed by atoms with van der Waals surface area (Å²) in [6.45, 7) is 0.469. The molecule has 1 aromatic heterocycles. The van der Waals surface area contributed by atoms with Crippen LogP contribution in [-0.2, 0) is 32.2 Å². The summed E-state index contributed by atoms with van der Waals surface area (Å²) in [5.41, 5.74) is 0.132. The van der Waals surface area contributed by atoms with Gasteiger partial charge in [-0.25, -0.2) is 19.0 Å². The van der Waals surface area contributed by atoms with E-state index < -0.39 is 65.4 Å². The van der Waals surface area contributed by atoms with Gasteiger partial charge in [0.25, 0.3) is 5.56 Å². The molecule has 3 aromatic carbocycles. The maximum absolute atomic E-state index is 13.7. The van der Waals surface area contributed by atoms with Gasteiger partial charge in [-0.05, 0) is 54.4 Å². The molecule has 3 heterocycles. The topological polar surface area (TPSA) is 149 Å². The number of carbonyl (C=O) groups excluding carboxylic acids is 2. The van der Waals surface area contributed by atoms with Crippen molar-refractivity contribution in [2.75, 3.05) is 19.8 Å². The van der Waals surface area contributed by atoms with Gasteiger partial charge in [-0.1, -0.05) is 70.7 Å². The molecule has 50 heavy (non-hydrogen) atoms. The molecule has 16 heteroatoms. The lowest BCUT2D eigenvalue weighted by Crippen LogP contribution is -2.50. The zero-order chi connectivity index (χ0) is 35.7. The highest BCUT2D eigenvalue weighted by Crippen LogP contribution is 2.36. The Morgan fingerprint density at radius 2 is 1.44 bits per heavy atom. The van der Waals surface area contributed by atoms with Crippen molar-refractivity contribution in [1.82, 2.24) is 9.55 Å². The number of benzene rings is 3. The largest absolute Gasteiger partial charge is 0.617 e. The molecule has 2 aliphatic heterocycles. The fraction of sp³-hybridized carbons (Fsp3) is 0.294. The minimum atomic E-state index is -1.78. The number of halogens is 4. The maximum Gasteiger partial charge on any atom is 0.354 e. The van der Waals surface area contributed by atoms with E-state index in [9.17, 15) is 24.4 Å². The number of imide groups is 1. The lowest BCUT2D eigenvalue weighted by Gasteiger charge is -2.33. The average molecular weight is 765 g/mol. The smallest absolute Gasteiger partial charge is 0.354 e. The maximum atomic E-state index is 13.7. The lowest BCUT2D eigenvalue weighted by molar-refractivity contribution is -0.709. The summed E-state index contributed by atoms with van der Waals surface area (Å²) in [5.74, 6) is -1.81. The number of carbonyl (C=O) groups is 2. The number of ether oxygens (including phenoxy) is 4. The molecule has 1 fully saturated rings. The Kier molecular flexibility index (Phi) is 11.0. The molecule has 1 saturated heterocycles. The Labute approximate surface area is 305 Å². The van der Waals surface area contributed by atoms with Gasteiger partial charge in [0.1, 0.15) is 24.9 Å². The number of hydroxylamine groups is 3. The van der Waals surface area contributed by atoms with Crippen LogP contribution in [0.3, 0.4) is 0 Å². The molecule has 4 aromatic rings. The van der Waals surface area contributed by atoms with Crippen molar-refractivity contribution in [3.8, 4) is 0 Å². The van der Waals surface area contributed by atoms with Crippen molar-refractivity contribution in [3.63, 3.8) is 0 Å². The number of fused-ring (bicyclic) bond motifs is 1. The number of quaternary nitrogens is 1. The van der Waals surface area contributed by atoms with E-state index in [2.05, 4.69) is 4.98 Å². The summed E-state index contributed by atoms with van der Waals surface area (Å²) in [6, 6.07) is 15.8. The number of aromatic nitrogens is 2. The lowest BCUT2D eigenvalue weighted by atomic mass is 10.1. The van der Waals surface area contributed by atoms with Gasteiger partial charge in [0, 0.05) is 31.9 Å². The molecule has 2 aliphatic rings. The Morgan fingerprint density at radius 3 is 2.04 bits per heavy atom. The van der Waals surface area contributed by atoms with Gasteiger partial charge in [-0.3, -0.25) is 14.3 Å². The van der Waals surface area contributed by atoms with Crippen molar-refractivity contribution in [1.29, 1.82) is 0 Å². The number of aryl methyl sites for hydroxylation is 1. The number of aromatic amines is 1. The van der Waals surface area contributed by atoms with Gasteiger partial charge in [-0.15, -0.1) is 0 Å². The summed E-state index contributed by atoms with van der Waals surface area (Å²) in [7, 11) is 0. The molecule has 0 spiro atoms. The van der Waals surface area contributed by atoms with Crippen LogP contribution in [-0.4, -0.2) is 64.1 Å². The SMILES string of the molecule is Cc1cn([C@@H]2O[C@H](COCc3ccc(Cl)cc3Cl)[C@@H](OCc3ccc(Cl)cc3Cl)[C@H]2OCC[N+]2([O-])C(=O)c3ccccc3C2=O)c(=O)[nH]c1=O. The molecule has 1 N–H and O–H groups in total. The standard InChI is InChI=1S/C34H29Cl4N3O9/c1-18-14-40(34(45)39-30(18)42)31-29(48-11-10-41(46)32(43)23-4-2-3-5-24(23)33(41)44)28(49-16-20-7-9-22(36)13-26(20)38)27(50-31)17-47-15-19-6-8-21(35)12-25(19)37/h2-9,12-14,27-29,31H,10-11,15-17H2,1H3,(H,39,42,45)/t27-,28-,29-,31-/m1/s1. The minimum Gasteiger partial charge on any atom is -0.617 e.